The number of aliphatic hydroxyl groups is 1. The van der Waals surface area contributed by atoms with Crippen molar-refractivity contribution >= 4 is 16.8 Å². The number of amides is 1. The molecule has 1 aliphatic rings. The first-order valence-corrected chi connectivity index (χ1v) is 9.36. The van der Waals surface area contributed by atoms with Crippen LogP contribution in [0.2, 0.25) is 0 Å². The lowest BCUT2D eigenvalue weighted by atomic mass is 9.93. The van der Waals surface area contributed by atoms with E-state index in [9.17, 15) is 18.7 Å². The number of fused-ring (bicyclic) bond motifs is 1. The van der Waals surface area contributed by atoms with Gasteiger partial charge in [0.25, 0.3) is 5.91 Å². The van der Waals surface area contributed by atoms with Crippen LogP contribution in [0, 0.1) is 18.6 Å². The molecule has 28 heavy (non-hydrogen) atoms. The lowest BCUT2D eigenvalue weighted by Crippen LogP contribution is -2.38. The predicted octanol–water partition coefficient (Wildman–Crippen LogP) is 3.65. The van der Waals surface area contributed by atoms with E-state index < -0.39 is 11.6 Å². The van der Waals surface area contributed by atoms with Gasteiger partial charge in [-0.05, 0) is 62.9 Å². The number of nitrogens with one attached hydrogen (secondary N) is 1. The van der Waals surface area contributed by atoms with Crippen LogP contribution in [-0.2, 0) is 0 Å². The average molecular weight is 385 g/mol. The van der Waals surface area contributed by atoms with Crippen LogP contribution in [0.3, 0.4) is 0 Å². The molecule has 1 fully saturated rings. The van der Waals surface area contributed by atoms with E-state index in [0.29, 0.717) is 36.9 Å². The number of halogens is 2. The van der Waals surface area contributed by atoms with Crippen LogP contribution in [0.5, 0.6) is 0 Å². The average Bonchev–Trinajstić information content (AvgIpc) is 2.99. The van der Waals surface area contributed by atoms with E-state index in [1.165, 1.54) is 35.0 Å². The summed E-state index contributed by atoms with van der Waals surface area (Å²) in [4.78, 5) is 12.4. The summed E-state index contributed by atoms with van der Waals surface area (Å²) in [5.41, 5.74) is 1.50. The molecular weight excluding hydrogens is 364 g/mol. The van der Waals surface area contributed by atoms with Gasteiger partial charge >= 0.3 is 0 Å². The van der Waals surface area contributed by atoms with Crippen molar-refractivity contribution in [1.29, 1.82) is 0 Å². The third-order valence-corrected chi connectivity index (χ3v) is 5.30. The Morgan fingerprint density at radius 2 is 1.89 bits per heavy atom. The maximum atomic E-state index is 14.8. The maximum absolute atomic E-state index is 14.8. The standard InChI is InChI=1S/C21H21F2N3O2/c1-12-17-8-3-14(22)11-20(17)26(25-12)19-9-2-13(10-18(19)23)21(28)24-15-4-6-16(27)7-5-15/h2-3,8-11,15-16,27H,4-7H2,1H3,(H,24,28). The van der Waals surface area contributed by atoms with Gasteiger partial charge in [-0.15, -0.1) is 0 Å². The molecule has 0 atom stereocenters. The molecule has 146 valence electrons. The molecule has 5 nitrogen and oxygen atoms in total. The van der Waals surface area contributed by atoms with Crippen LogP contribution in [0.15, 0.2) is 36.4 Å². The second-order valence-corrected chi connectivity index (χ2v) is 7.30. The van der Waals surface area contributed by atoms with Crippen molar-refractivity contribution in [2.45, 2.75) is 44.8 Å². The van der Waals surface area contributed by atoms with E-state index in [4.69, 9.17) is 0 Å². The monoisotopic (exact) mass is 385 g/mol. The number of rotatable bonds is 3. The van der Waals surface area contributed by atoms with Gasteiger partial charge in [-0.2, -0.15) is 5.10 Å². The van der Waals surface area contributed by atoms with Crippen LogP contribution in [0.4, 0.5) is 8.78 Å². The summed E-state index contributed by atoms with van der Waals surface area (Å²) in [7, 11) is 0. The number of aromatic nitrogens is 2. The van der Waals surface area contributed by atoms with E-state index in [-0.39, 0.29) is 29.3 Å². The molecule has 4 rings (SSSR count). The summed E-state index contributed by atoms with van der Waals surface area (Å²) < 4.78 is 29.8. The Bertz CT molecular complexity index is 1040. The molecule has 0 radical (unpaired) electrons. The number of aryl methyl sites for hydroxylation is 1. The summed E-state index contributed by atoms with van der Waals surface area (Å²) in [6.45, 7) is 1.78. The van der Waals surface area contributed by atoms with E-state index in [2.05, 4.69) is 10.4 Å². The van der Waals surface area contributed by atoms with Crippen molar-refractivity contribution in [2.24, 2.45) is 0 Å². The van der Waals surface area contributed by atoms with Crippen molar-refractivity contribution in [2.75, 3.05) is 0 Å². The Morgan fingerprint density at radius 1 is 1.14 bits per heavy atom. The zero-order chi connectivity index (χ0) is 19.8. The molecule has 1 aromatic heterocycles. The zero-order valence-corrected chi connectivity index (χ0v) is 15.5. The highest BCUT2D eigenvalue weighted by Gasteiger charge is 2.22. The summed E-state index contributed by atoms with van der Waals surface area (Å²) in [5, 5.41) is 17.5. The number of hydrogen-bond donors (Lipinski definition) is 2. The smallest absolute Gasteiger partial charge is 0.251 e. The molecule has 1 saturated carbocycles. The minimum Gasteiger partial charge on any atom is -0.393 e. The fraction of sp³-hybridized carbons (Fsp3) is 0.333. The molecule has 2 aromatic carbocycles. The Morgan fingerprint density at radius 3 is 2.61 bits per heavy atom. The van der Waals surface area contributed by atoms with Gasteiger partial charge in [0.05, 0.1) is 17.3 Å². The zero-order valence-electron chi connectivity index (χ0n) is 15.5. The van der Waals surface area contributed by atoms with Crippen molar-refractivity contribution < 1.29 is 18.7 Å². The maximum Gasteiger partial charge on any atom is 0.251 e. The molecule has 3 aromatic rings. The Kier molecular flexibility index (Phi) is 4.85. The number of carbonyl (C=O) groups excluding carboxylic acids is 1. The van der Waals surface area contributed by atoms with Gasteiger partial charge in [-0.25, -0.2) is 13.5 Å². The molecule has 0 aliphatic heterocycles. The summed E-state index contributed by atoms with van der Waals surface area (Å²) in [6, 6.07) is 8.44. The third kappa shape index (κ3) is 3.49. The lowest BCUT2D eigenvalue weighted by Gasteiger charge is -2.26. The van der Waals surface area contributed by atoms with Crippen molar-refractivity contribution in [3.05, 3.63) is 59.3 Å². The minimum atomic E-state index is -0.611. The molecule has 1 aliphatic carbocycles. The number of hydrogen-bond acceptors (Lipinski definition) is 3. The molecule has 2 N–H and O–H groups in total. The number of benzene rings is 2. The van der Waals surface area contributed by atoms with Gasteiger partial charge in [0.15, 0.2) is 0 Å². The molecule has 0 unspecified atom stereocenters. The summed E-state index contributed by atoms with van der Waals surface area (Å²) in [5.74, 6) is -1.39. The first-order valence-electron chi connectivity index (χ1n) is 9.36. The van der Waals surface area contributed by atoms with Crippen LogP contribution >= 0.6 is 0 Å². The second kappa shape index (κ2) is 7.31. The highest BCUT2D eigenvalue weighted by atomic mass is 19.1. The molecular formula is C21H21F2N3O2. The first-order chi connectivity index (χ1) is 13.4. The van der Waals surface area contributed by atoms with Crippen LogP contribution in [0.1, 0.15) is 41.7 Å². The fourth-order valence-corrected chi connectivity index (χ4v) is 3.74. The number of carbonyl (C=O) groups is 1. The van der Waals surface area contributed by atoms with Crippen molar-refractivity contribution in [3.63, 3.8) is 0 Å². The minimum absolute atomic E-state index is 0.0145. The van der Waals surface area contributed by atoms with Gasteiger partial charge in [0.2, 0.25) is 0 Å². The number of nitrogens with zero attached hydrogens (tertiary/aromatic N) is 2. The molecule has 7 heteroatoms. The normalized spacial score (nSPS) is 19.7. The summed E-state index contributed by atoms with van der Waals surface area (Å²) >= 11 is 0. The Labute approximate surface area is 161 Å². The second-order valence-electron chi connectivity index (χ2n) is 7.30. The lowest BCUT2D eigenvalue weighted by molar-refractivity contribution is 0.0867. The Hall–Kier alpha value is -2.80. The first kappa shape index (κ1) is 18.6. The van der Waals surface area contributed by atoms with Gasteiger partial charge in [-0.1, -0.05) is 0 Å². The summed E-state index contributed by atoms with van der Waals surface area (Å²) in [6.07, 6.45) is 2.41. The van der Waals surface area contributed by atoms with Crippen molar-refractivity contribution in [1.82, 2.24) is 15.1 Å². The highest BCUT2D eigenvalue weighted by Crippen LogP contribution is 2.25. The Balaban J connectivity index is 1.60. The van der Waals surface area contributed by atoms with Gasteiger partial charge in [0.1, 0.15) is 17.3 Å². The van der Waals surface area contributed by atoms with Crippen LogP contribution < -0.4 is 5.32 Å². The van der Waals surface area contributed by atoms with E-state index in [1.54, 1.807) is 13.0 Å². The largest absolute Gasteiger partial charge is 0.393 e. The third-order valence-electron chi connectivity index (χ3n) is 5.30. The molecule has 0 spiro atoms. The SMILES string of the molecule is Cc1nn(-c2ccc(C(=O)NC3CCC(O)CC3)cc2F)c2cc(F)ccc12. The molecule has 0 saturated heterocycles. The van der Waals surface area contributed by atoms with Gasteiger partial charge in [-0.3, -0.25) is 4.79 Å². The van der Waals surface area contributed by atoms with E-state index in [0.717, 1.165) is 5.39 Å². The van der Waals surface area contributed by atoms with Crippen LogP contribution in [-0.4, -0.2) is 32.9 Å². The fourth-order valence-electron chi connectivity index (χ4n) is 3.74. The van der Waals surface area contributed by atoms with Gasteiger partial charge < -0.3 is 10.4 Å². The number of aliphatic hydroxyl groups excluding tert-OH is 1. The molecule has 1 amide bonds. The predicted molar refractivity (Wildman–Crippen MR) is 101 cm³/mol. The van der Waals surface area contributed by atoms with Crippen LogP contribution in [0.25, 0.3) is 16.6 Å². The quantitative estimate of drug-likeness (QED) is 0.723. The van der Waals surface area contributed by atoms with E-state index >= 15 is 0 Å². The highest BCUT2D eigenvalue weighted by molar-refractivity contribution is 5.94. The molecule has 0 bridgehead atoms. The van der Waals surface area contributed by atoms with Gasteiger partial charge in [0, 0.05) is 23.1 Å². The van der Waals surface area contributed by atoms with E-state index in [1.807, 2.05) is 0 Å². The van der Waals surface area contributed by atoms with Crippen molar-refractivity contribution in [3.8, 4) is 5.69 Å². The molecule has 1 heterocycles. The topological polar surface area (TPSA) is 67.2 Å².